The molecule has 1 aromatic rings. The fraction of sp³-hybridized carbons (Fsp3) is 0.308. The highest BCUT2D eigenvalue weighted by Gasteiger charge is 2.22. The van der Waals surface area contributed by atoms with E-state index in [1.807, 2.05) is 18.2 Å². The SMILES string of the molecule is CC(=O)O[C@H]1CCC=C1Sc1ccccc1. The molecule has 1 aromatic carbocycles. The number of hydrogen-bond donors (Lipinski definition) is 0. The minimum Gasteiger partial charge on any atom is -0.457 e. The Morgan fingerprint density at radius 1 is 1.38 bits per heavy atom. The highest BCUT2D eigenvalue weighted by Crippen LogP contribution is 2.36. The maximum absolute atomic E-state index is 10.9. The van der Waals surface area contributed by atoms with Crippen molar-refractivity contribution in [3.63, 3.8) is 0 Å². The first-order chi connectivity index (χ1) is 7.75. The Kier molecular flexibility index (Phi) is 3.67. The van der Waals surface area contributed by atoms with Crippen LogP contribution in [0.3, 0.4) is 0 Å². The summed E-state index contributed by atoms with van der Waals surface area (Å²) in [6.07, 6.45) is 4.02. The van der Waals surface area contributed by atoms with Crippen LogP contribution in [0.4, 0.5) is 0 Å². The predicted molar refractivity (Wildman–Crippen MR) is 65.2 cm³/mol. The maximum atomic E-state index is 10.9. The van der Waals surface area contributed by atoms with Gasteiger partial charge in [0.25, 0.3) is 0 Å². The van der Waals surface area contributed by atoms with Gasteiger partial charge in [-0.3, -0.25) is 4.79 Å². The molecule has 0 spiro atoms. The van der Waals surface area contributed by atoms with Crippen LogP contribution < -0.4 is 0 Å². The molecule has 0 radical (unpaired) electrons. The molecule has 0 bridgehead atoms. The average molecular weight is 234 g/mol. The number of rotatable bonds is 3. The van der Waals surface area contributed by atoms with Crippen LogP contribution >= 0.6 is 11.8 Å². The zero-order valence-corrected chi connectivity index (χ0v) is 10.00. The lowest BCUT2D eigenvalue weighted by Gasteiger charge is -2.14. The zero-order valence-electron chi connectivity index (χ0n) is 9.18. The maximum Gasteiger partial charge on any atom is 0.303 e. The van der Waals surface area contributed by atoms with Crippen LogP contribution in [0.1, 0.15) is 19.8 Å². The topological polar surface area (TPSA) is 26.3 Å². The lowest BCUT2D eigenvalue weighted by atomic mass is 10.3. The number of hydrogen-bond acceptors (Lipinski definition) is 3. The van der Waals surface area contributed by atoms with Gasteiger partial charge in [0.2, 0.25) is 0 Å². The standard InChI is InChI=1S/C13H14O2S/c1-10(14)15-12-8-5-9-13(12)16-11-6-3-2-4-7-11/h2-4,6-7,9,12H,5,8H2,1H3/t12-/m0/s1. The molecule has 0 aliphatic heterocycles. The van der Waals surface area contributed by atoms with Gasteiger partial charge >= 0.3 is 5.97 Å². The van der Waals surface area contributed by atoms with E-state index >= 15 is 0 Å². The molecule has 0 unspecified atom stereocenters. The summed E-state index contributed by atoms with van der Waals surface area (Å²) in [6.45, 7) is 1.46. The molecular formula is C13H14O2S. The smallest absolute Gasteiger partial charge is 0.303 e. The van der Waals surface area contributed by atoms with Crippen molar-refractivity contribution >= 4 is 17.7 Å². The lowest BCUT2D eigenvalue weighted by Crippen LogP contribution is -2.13. The van der Waals surface area contributed by atoms with Gasteiger partial charge in [0, 0.05) is 16.7 Å². The van der Waals surface area contributed by atoms with Crippen molar-refractivity contribution in [1.29, 1.82) is 0 Å². The molecule has 0 aromatic heterocycles. The fourth-order valence-electron chi connectivity index (χ4n) is 1.70. The van der Waals surface area contributed by atoms with E-state index in [1.165, 1.54) is 11.8 Å². The second-order valence-corrected chi connectivity index (χ2v) is 4.84. The molecular weight excluding hydrogens is 220 g/mol. The van der Waals surface area contributed by atoms with Gasteiger partial charge in [-0.1, -0.05) is 36.0 Å². The number of ether oxygens (including phenoxy) is 1. The van der Waals surface area contributed by atoms with Crippen molar-refractivity contribution in [2.45, 2.75) is 30.8 Å². The van der Waals surface area contributed by atoms with Crippen molar-refractivity contribution < 1.29 is 9.53 Å². The number of benzene rings is 1. The minimum absolute atomic E-state index is 0.0392. The van der Waals surface area contributed by atoms with Gasteiger partial charge in [0.1, 0.15) is 6.10 Å². The Morgan fingerprint density at radius 2 is 2.12 bits per heavy atom. The molecule has 0 saturated heterocycles. The van der Waals surface area contributed by atoms with E-state index < -0.39 is 0 Å². The molecule has 0 amide bonds. The first kappa shape index (κ1) is 11.3. The van der Waals surface area contributed by atoms with E-state index in [9.17, 15) is 4.79 Å². The van der Waals surface area contributed by atoms with E-state index in [-0.39, 0.29) is 12.1 Å². The van der Waals surface area contributed by atoms with Crippen LogP contribution in [0.2, 0.25) is 0 Å². The summed E-state index contributed by atoms with van der Waals surface area (Å²) in [6, 6.07) is 10.2. The van der Waals surface area contributed by atoms with Crippen molar-refractivity contribution in [2.24, 2.45) is 0 Å². The Hall–Kier alpha value is -1.22. The van der Waals surface area contributed by atoms with E-state index in [1.54, 1.807) is 11.8 Å². The first-order valence-electron chi connectivity index (χ1n) is 5.36. The molecule has 0 N–H and O–H groups in total. The molecule has 2 rings (SSSR count). The molecule has 1 atom stereocenters. The van der Waals surface area contributed by atoms with Gasteiger partial charge in [-0.15, -0.1) is 0 Å². The number of carbonyl (C=O) groups excluding carboxylic acids is 1. The van der Waals surface area contributed by atoms with Crippen LogP contribution in [0.25, 0.3) is 0 Å². The lowest BCUT2D eigenvalue weighted by molar-refractivity contribution is -0.144. The highest BCUT2D eigenvalue weighted by molar-refractivity contribution is 8.03. The number of allylic oxidation sites excluding steroid dienone is 1. The van der Waals surface area contributed by atoms with Crippen LogP contribution in [0.5, 0.6) is 0 Å². The predicted octanol–water partition coefficient (Wildman–Crippen LogP) is 3.39. The van der Waals surface area contributed by atoms with Gasteiger partial charge in [0.15, 0.2) is 0 Å². The summed E-state index contributed by atoms with van der Waals surface area (Å²) in [5.41, 5.74) is 0. The van der Waals surface area contributed by atoms with Gasteiger partial charge in [-0.2, -0.15) is 0 Å². The first-order valence-corrected chi connectivity index (χ1v) is 6.17. The molecule has 1 aliphatic rings. The third-order valence-corrected chi connectivity index (χ3v) is 3.55. The Morgan fingerprint density at radius 3 is 2.81 bits per heavy atom. The van der Waals surface area contributed by atoms with E-state index in [0.29, 0.717) is 0 Å². The second-order valence-electron chi connectivity index (χ2n) is 3.70. The quantitative estimate of drug-likeness (QED) is 0.750. The van der Waals surface area contributed by atoms with Crippen LogP contribution in [-0.2, 0) is 9.53 Å². The molecule has 3 heteroatoms. The van der Waals surface area contributed by atoms with E-state index in [0.717, 1.165) is 17.7 Å². The Bertz CT molecular complexity index is 398. The van der Waals surface area contributed by atoms with Crippen LogP contribution in [0.15, 0.2) is 46.2 Å². The third-order valence-electron chi connectivity index (χ3n) is 2.38. The van der Waals surface area contributed by atoms with E-state index in [4.69, 9.17) is 4.74 Å². The monoisotopic (exact) mass is 234 g/mol. The average Bonchev–Trinajstić information content (AvgIpc) is 2.66. The zero-order chi connectivity index (χ0) is 11.4. The molecule has 0 heterocycles. The summed E-state index contributed by atoms with van der Waals surface area (Å²) >= 11 is 1.69. The molecule has 2 nitrogen and oxygen atoms in total. The summed E-state index contributed by atoms with van der Waals surface area (Å²) in [5, 5.41) is 0. The summed E-state index contributed by atoms with van der Waals surface area (Å²) in [5.74, 6) is -0.202. The van der Waals surface area contributed by atoms with Crippen molar-refractivity contribution in [2.75, 3.05) is 0 Å². The van der Waals surface area contributed by atoms with Crippen molar-refractivity contribution in [3.8, 4) is 0 Å². The molecule has 0 saturated carbocycles. The van der Waals surface area contributed by atoms with Crippen LogP contribution in [-0.4, -0.2) is 12.1 Å². The van der Waals surface area contributed by atoms with Crippen molar-refractivity contribution in [3.05, 3.63) is 41.3 Å². The van der Waals surface area contributed by atoms with Gasteiger partial charge in [-0.25, -0.2) is 0 Å². The third kappa shape index (κ3) is 2.89. The van der Waals surface area contributed by atoms with Gasteiger partial charge in [0.05, 0.1) is 0 Å². The molecule has 1 aliphatic carbocycles. The largest absolute Gasteiger partial charge is 0.457 e. The van der Waals surface area contributed by atoms with Gasteiger partial charge in [-0.05, 0) is 25.0 Å². The molecule has 16 heavy (non-hydrogen) atoms. The Balaban J connectivity index is 2.01. The summed E-state index contributed by atoms with van der Waals surface area (Å²) < 4.78 is 5.27. The second kappa shape index (κ2) is 5.21. The number of esters is 1. The number of carbonyl (C=O) groups is 1. The highest BCUT2D eigenvalue weighted by atomic mass is 32.2. The summed E-state index contributed by atoms with van der Waals surface area (Å²) in [4.78, 5) is 13.3. The number of thioether (sulfide) groups is 1. The fourth-order valence-corrected chi connectivity index (χ4v) is 2.76. The van der Waals surface area contributed by atoms with E-state index in [2.05, 4.69) is 18.2 Å². The molecule has 0 fully saturated rings. The van der Waals surface area contributed by atoms with Gasteiger partial charge < -0.3 is 4.74 Å². The normalized spacial score (nSPS) is 19.3. The minimum atomic E-state index is -0.202. The van der Waals surface area contributed by atoms with Crippen LogP contribution in [0, 0.1) is 0 Å². The Labute approximate surface area is 99.7 Å². The summed E-state index contributed by atoms with van der Waals surface area (Å²) in [7, 11) is 0. The molecule has 84 valence electrons. The van der Waals surface area contributed by atoms with Crippen molar-refractivity contribution in [1.82, 2.24) is 0 Å².